The minimum absolute atomic E-state index is 0.0251. The lowest BCUT2D eigenvalue weighted by Gasteiger charge is -2.28. The Morgan fingerprint density at radius 1 is 1.29 bits per heavy atom. The van der Waals surface area contributed by atoms with Gasteiger partial charge in [-0.2, -0.15) is 0 Å². The van der Waals surface area contributed by atoms with Crippen molar-refractivity contribution >= 4 is 15.7 Å². The van der Waals surface area contributed by atoms with Crippen molar-refractivity contribution in [3.63, 3.8) is 0 Å². The standard InChI is InChI=1S/C15H23FN2O2S/c1-2-3-11-4-6-12(7-5-11)18-21(19,20)13-8-9-14(16)15(17)10-13/h8-12,18H,2-7,17H2,1H3. The topological polar surface area (TPSA) is 72.2 Å². The van der Waals surface area contributed by atoms with Crippen molar-refractivity contribution in [2.45, 2.75) is 56.4 Å². The lowest BCUT2D eigenvalue weighted by molar-refractivity contribution is 0.297. The van der Waals surface area contributed by atoms with Crippen LogP contribution in [0, 0.1) is 11.7 Å². The number of halogens is 1. The van der Waals surface area contributed by atoms with Crippen molar-refractivity contribution in [3.8, 4) is 0 Å². The van der Waals surface area contributed by atoms with E-state index in [4.69, 9.17) is 5.73 Å². The monoisotopic (exact) mass is 314 g/mol. The van der Waals surface area contributed by atoms with Crippen LogP contribution in [0.5, 0.6) is 0 Å². The molecule has 1 aromatic carbocycles. The van der Waals surface area contributed by atoms with Gasteiger partial charge in [0.05, 0.1) is 10.6 Å². The molecular weight excluding hydrogens is 291 g/mol. The third kappa shape index (κ3) is 4.17. The van der Waals surface area contributed by atoms with Crippen LogP contribution in [0.1, 0.15) is 45.4 Å². The molecule has 0 amide bonds. The second-order valence-corrected chi connectivity index (χ2v) is 7.52. The van der Waals surface area contributed by atoms with E-state index in [9.17, 15) is 12.8 Å². The quantitative estimate of drug-likeness (QED) is 0.821. The Morgan fingerprint density at radius 3 is 2.52 bits per heavy atom. The molecule has 0 spiro atoms. The van der Waals surface area contributed by atoms with Gasteiger partial charge in [0.15, 0.2) is 0 Å². The van der Waals surface area contributed by atoms with Gasteiger partial charge in [0.2, 0.25) is 10.0 Å². The maximum atomic E-state index is 13.1. The van der Waals surface area contributed by atoms with Crippen LogP contribution in [0.4, 0.5) is 10.1 Å². The average Bonchev–Trinajstić information content (AvgIpc) is 2.44. The number of nitrogens with two attached hydrogens (primary N) is 1. The van der Waals surface area contributed by atoms with E-state index in [1.807, 2.05) is 0 Å². The van der Waals surface area contributed by atoms with Gasteiger partial charge in [0.1, 0.15) is 5.82 Å². The molecule has 4 nitrogen and oxygen atoms in total. The molecule has 1 saturated carbocycles. The highest BCUT2D eigenvalue weighted by Gasteiger charge is 2.25. The predicted molar refractivity (Wildman–Crippen MR) is 81.8 cm³/mol. The summed E-state index contributed by atoms with van der Waals surface area (Å²) in [4.78, 5) is 0.0251. The first-order valence-corrected chi connectivity index (χ1v) is 8.98. The molecular formula is C15H23FN2O2S. The molecule has 0 aromatic heterocycles. The van der Waals surface area contributed by atoms with Crippen LogP contribution in [0.15, 0.2) is 23.1 Å². The normalized spacial score (nSPS) is 23.1. The number of anilines is 1. The minimum atomic E-state index is -3.63. The van der Waals surface area contributed by atoms with Gasteiger partial charge in [-0.1, -0.05) is 19.8 Å². The third-order valence-corrected chi connectivity index (χ3v) is 5.66. The van der Waals surface area contributed by atoms with Crippen molar-refractivity contribution in [1.29, 1.82) is 0 Å². The highest BCUT2D eigenvalue weighted by Crippen LogP contribution is 2.28. The fourth-order valence-electron chi connectivity index (χ4n) is 2.95. The van der Waals surface area contributed by atoms with Crippen LogP contribution >= 0.6 is 0 Å². The Hall–Kier alpha value is -1.14. The van der Waals surface area contributed by atoms with E-state index >= 15 is 0 Å². The Labute approximate surface area is 126 Å². The van der Waals surface area contributed by atoms with Crippen LogP contribution in [0.25, 0.3) is 0 Å². The summed E-state index contributed by atoms with van der Waals surface area (Å²) in [6, 6.07) is 3.47. The number of hydrogen-bond donors (Lipinski definition) is 2. The number of rotatable bonds is 5. The summed E-state index contributed by atoms with van der Waals surface area (Å²) in [6.07, 6.45) is 6.24. The second-order valence-electron chi connectivity index (χ2n) is 5.81. The van der Waals surface area contributed by atoms with Crippen molar-refractivity contribution in [1.82, 2.24) is 4.72 Å². The van der Waals surface area contributed by atoms with E-state index in [-0.39, 0.29) is 16.6 Å². The van der Waals surface area contributed by atoms with Crippen molar-refractivity contribution in [3.05, 3.63) is 24.0 Å². The van der Waals surface area contributed by atoms with E-state index in [0.717, 1.165) is 37.7 Å². The molecule has 0 unspecified atom stereocenters. The van der Waals surface area contributed by atoms with Crippen LogP contribution in [-0.4, -0.2) is 14.5 Å². The van der Waals surface area contributed by atoms with Crippen LogP contribution in [0.2, 0.25) is 0 Å². The summed E-state index contributed by atoms with van der Waals surface area (Å²) >= 11 is 0. The van der Waals surface area contributed by atoms with Gasteiger partial charge in [-0.15, -0.1) is 0 Å². The SMILES string of the molecule is CCCC1CCC(NS(=O)(=O)c2ccc(F)c(N)c2)CC1. The van der Waals surface area contributed by atoms with Crippen molar-refractivity contribution in [2.24, 2.45) is 5.92 Å². The van der Waals surface area contributed by atoms with Crippen molar-refractivity contribution < 1.29 is 12.8 Å². The summed E-state index contributed by atoms with van der Waals surface area (Å²) < 4.78 is 40.4. The smallest absolute Gasteiger partial charge is 0.240 e. The van der Waals surface area contributed by atoms with E-state index < -0.39 is 15.8 Å². The molecule has 118 valence electrons. The van der Waals surface area contributed by atoms with Crippen LogP contribution in [0.3, 0.4) is 0 Å². The molecule has 21 heavy (non-hydrogen) atoms. The molecule has 0 bridgehead atoms. The molecule has 0 heterocycles. The van der Waals surface area contributed by atoms with Crippen molar-refractivity contribution in [2.75, 3.05) is 5.73 Å². The molecule has 1 aliphatic carbocycles. The molecule has 0 saturated heterocycles. The fourth-order valence-corrected chi connectivity index (χ4v) is 4.29. The summed E-state index contributed by atoms with van der Waals surface area (Å²) in [5.74, 6) is 0.117. The molecule has 0 aliphatic heterocycles. The molecule has 2 rings (SSSR count). The molecule has 0 atom stereocenters. The van der Waals surface area contributed by atoms with Crippen LogP contribution in [-0.2, 0) is 10.0 Å². The number of nitrogens with one attached hydrogen (secondary N) is 1. The van der Waals surface area contributed by atoms with Gasteiger partial charge in [0.25, 0.3) is 0 Å². The highest BCUT2D eigenvalue weighted by molar-refractivity contribution is 7.89. The first kappa shape index (κ1) is 16.2. The van der Waals surface area contributed by atoms with E-state index in [1.54, 1.807) is 0 Å². The number of nitrogen functional groups attached to an aromatic ring is 1. The first-order chi connectivity index (χ1) is 9.92. The zero-order valence-corrected chi connectivity index (χ0v) is 13.1. The Morgan fingerprint density at radius 2 is 1.95 bits per heavy atom. The maximum Gasteiger partial charge on any atom is 0.240 e. The molecule has 3 N–H and O–H groups in total. The summed E-state index contributed by atoms with van der Waals surface area (Å²) in [6.45, 7) is 2.17. The molecule has 1 aliphatic rings. The summed E-state index contributed by atoms with van der Waals surface area (Å²) in [7, 11) is -3.63. The van der Waals surface area contributed by atoms with Gasteiger partial charge in [0, 0.05) is 6.04 Å². The Kier molecular flexibility index (Phi) is 5.22. The predicted octanol–water partition coefficient (Wildman–Crippen LogP) is 3.05. The number of hydrogen-bond acceptors (Lipinski definition) is 3. The van der Waals surface area contributed by atoms with Gasteiger partial charge in [-0.05, 0) is 49.8 Å². The van der Waals surface area contributed by atoms with Gasteiger partial charge in [-0.3, -0.25) is 0 Å². The summed E-state index contributed by atoms with van der Waals surface area (Å²) in [5, 5.41) is 0. The lowest BCUT2D eigenvalue weighted by atomic mass is 9.84. The van der Waals surface area contributed by atoms with E-state index in [1.165, 1.54) is 25.0 Å². The Balaban J connectivity index is 2.00. The maximum absolute atomic E-state index is 13.1. The molecule has 6 heteroatoms. The first-order valence-electron chi connectivity index (χ1n) is 7.49. The molecule has 0 radical (unpaired) electrons. The average molecular weight is 314 g/mol. The third-order valence-electron chi connectivity index (χ3n) is 4.14. The van der Waals surface area contributed by atoms with Gasteiger partial charge >= 0.3 is 0 Å². The minimum Gasteiger partial charge on any atom is -0.396 e. The second kappa shape index (κ2) is 6.75. The fraction of sp³-hybridized carbons (Fsp3) is 0.600. The lowest BCUT2D eigenvalue weighted by Crippen LogP contribution is -2.37. The number of benzene rings is 1. The van der Waals surface area contributed by atoms with Gasteiger partial charge in [-0.25, -0.2) is 17.5 Å². The molecule has 1 fully saturated rings. The summed E-state index contributed by atoms with van der Waals surface area (Å²) in [5.41, 5.74) is 5.29. The van der Waals surface area contributed by atoms with E-state index in [0.29, 0.717) is 0 Å². The largest absolute Gasteiger partial charge is 0.396 e. The van der Waals surface area contributed by atoms with Crippen LogP contribution < -0.4 is 10.5 Å². The van der Waals surface area contributed by atoms with Gasteiger partial charge < -0.3 is 5.73 Å². The number of sulfonamides is 1. The van der Waals surface area contributed by atoms with E-state index in [2.05, 4.69) is 11.6 Å². The zero-order chi connectivity index (χ0) is 15.5. The highest BCUT2D eigenvalue weighted by atomic mass is 32.2. The zero-order valence-electron chi connectivity index (χ0n) is 12.3. The molecule has 1 aromatic rings. The Bertz CT molecular complexity index is 581.